The van der Waals surface area contributed by atoms with E-state index in [1.807, 2.05) is 0 Å². The van der Waals surface area contributed by atoms with Gasteiger partial charge in [0.25, 0.3) is 0 Å². The van der Waals surface area contributed by atoms with Gasteiger partial charge < -0.3 is 0 Å². The molecule has 0 amide bonds. The van der Waals surface area contributed by atoms with Crippen LogP contribution in [0.4, 0.5) is 0 Å². The smallest absolute Gasteiger partial charge is 0.0125 e. The monoisotopic (exact) mass is 62.0 g/mol. The Morgan fingerprint density at radius 2 is 1.50 bits per heavy atom. The van der Waals surface area contributed by atoms with Crippen molar-refractivity contribution in [2.75, 3.05) is 0 Å². The van der Waals surface area contributed by atoms with Gasteiger partial charge in [0, 0.05) is 4.91 Å². The largest absolute Gasteiger partial charge is 0.0327 e. The van der Waals surface area contributed by atoms with Gasteiger partial charge in [-0.05, 0) is 5.59 Å². The van der Waals surface area contributed by atoms with Crippen molar-refractivity contribution in [2.45, 2.75) is 0 Å². The van der Waals surface area contributed by atoms with Crippen LogP contribution in [0.1, 0.15) is 0 Å². The molecule has 0 saturated heterocycles. The van der Waals surface area contributed by atoms with Gasteiger partial charge in [0.05, 0.1) is 0 Å². The second-order valence-electron chi connectivity index (χ2n) is 0. The predicted molar refractivity (Wildman–Crippen MR) is 7.70 cm³/mol. The molecule has 0 spiro atoms. The summed E-state index contributed by atoms with van der Waals surface area (Å²) in [7, 11) is 0. The minimum Gasteiger partial charge on any atom is -0.0327 e. The van der Waals surface area contributed by atoms with E-state index in [2.05, 4.69) is 5.59 Å². The molecule has 0 aromatic heterocycles. The second kappa shape index (κ2) is 6.87. The van der Waals surface area contributed by atoms with E-state index in [1.165, 1.54) is 0 Å². The first-order valence-corrected chi connectivity index (χ1v) is 0.418. The van der Waals surface area contributed by atoms with Crippen molar-refractivity contribution < 1.29 is 10.4 Å². The van der Waals surface area contributed by atoms with Crippen molar-refractivity contribution in [2.24, 2.45) is 0 Å². The third kappa shape index (κ3) is 0.174. The molecule has 0 aromatic rings. The molecule has 0 saturated carbocycles. The Labute approximate surface area is 22.1 Å². The SMILES string of the molecule is N#[O+].[NH2+]=O. The third-order valence-electron chi connectivity index (χ3n) is 0. The van der Waals surface area contributed by atoms with Gasteiger partial charge in [-0.25, -0.2) is 0 Å². The Morgan fingerprint density at radius 1 is 1.50 bits per heavy atom. The van der Waals surface area contributed by atoms with Crippen molar-refractivity contribution in [3.8, 4) is 0 Å². The Balaban J connectivity index is 0. The minimum absolute atomic E-state index is 3.25. The molecular formula is H2N2O2+2. The number of rotatable bonds is 0. The van der Waals surface area contributed by atoms with Crippen LogP contribution in [0.15, 0.2) is 0 Å². The van der Waals surface area contributed by atoms with Crippen molar-refractivity contribution in [1.29, 1.82) is 5.46 Å². The molecule has 2 N–H and O–H groups in total. The van der Waals surface area contributed by atoms with Crippen LogP contribution in [-0.4, -0.2) is 0 Å². The first kappa shape index (κ1) is 10.4. The van der Waals surface area contributed by atoms with Crippen LogP contribution >= 0.6 is 0 Å². The fourth-order valence-electron chi connectivity index (χ4n) is 0. The summed E-state index contributed by atoms with van der Waals surface area (Å²) in [6.07, 6.45) is 0. The predicted octanol–water partition coefficient (Wildman–Crippen LogP) is -1.59. The Bertz CT molecular complexity index is 15.2. The zero-order valence-corrected chi connectivity index (χ0v) is 1.84. The molecule has 0 aromatic carbocycles. The van der Waals surface area contributed by atoms with Crippen molar-refractivity contribution >= 4 is 0 Å². The Kier molecular flexibility index (Phi) is 17.9. The number of nitroso groups, excluding NO2 is 1. The van der Waals surface area contributed by atoms with Crippen LogP contribution in [0, 0.1) is 10.4 Å². The van der Waals surface area contributed by atoms with E-state index in [0.29, 0.717) is 0 Å². The first-order valence-electron chi connectivity index (χ1n) is 0.418. The summed E-state index contributed by atoms with van der Waals surface area (Å²) in [5.74, 6) is 0. The maximum absolute atomic E-state index is 7.75. The molecule has 4 heteroatoms. The van der Waals surface area contributed by atoms with Crippen LogP contribution < -0.4 is 5.59 Å². The summed E-state index contributed by atoms with van der Waals surface area (Å²) in [6.45, 7) is 0. The van der Waals surface area contributed by atoms with Crippen LogP contribution in [0.3, 0.4) is 0 Å². The summed E-state index contributed by atoms with van der Waals surface area (Å²) in [5.41, 5.74) is 9.00. The number of nitrogens with two attached hydrogens (primary N) is 1. The molecule has 0 aliphatic carbocycles. The van der Waals surface area contributed by atoms with E-state index in [0.717, 1.165) is 0 Å². The van der Waals surface area contributed by atoms with E-state index >= 15 is 0 Å². The van der Waals surface area contributed by atoms with Gasteiger partial charge in [0.15, 0.2) is 0 Å². The van der Waals surface area contributed by atoms with E-state index < -0.39 is 0 Å². The minimum atomic E-state index is 3.25. The standard InChI is InChI=1S/H2NO.NO/c2*1-2/h1H2;/q2*+1. The van der Waals surface area contributed by atoms with E-state index in [-0.39, 0.29) is 0 Å². The normalized spacial score (nSPS) is 1.50. The summed E-state index contributed by atoms with van der Waals surface area (Å²) >= 11 is 0. The second-order valence-corrected chi connectivity index (χ2v) is 0. The zero-order chi connectivity index (χ0) is 4.00. The average molecular weight is 62.0 g/mol. The molecule has 0 aliphatic rings. The fraction of sp³-hybridized carbons (Fsp3) is 0. The summed E-state index contributed by atoms with van der Waals surface area (Å²) < 4.78 is 7.25. The fourth-order valence-corrected chi connectivity index (χ4v) is 0. The van der Waals surface area contributed by atoms with Crippen molar-refractivity contribution in [3.05, 3.63) is 4.91 Å². The molecule has 0 aliphatic heterocycles. The van der Waals surface area contributed by atoms with Crippen LogP contribution in [0.25, 0.3) is 0 Å². The Morgan fingerprint density at radius 3 is 1.50 bits per heavy atom. The molecule has 0 atom stereocenters. The van der Waals surface area contributed by atoms with Crippen LogP contribution in [0.2, 0.25) is 0 Å². The maximum atomic E-state index is 7.75. The molecular weight excluding hydrogens is 60.0 g/mol. The van der Waals surface area contributed by atoms with E-state index in [4.69, 9.17) is 15.1 Å². The summed E-state index contributed by atoms with van der Waals surface area (Å²) in [6, 6.07) is 0. The number of hydrogen-bond donors (Lipinski definition) is 1. The summed E-state index contributed by atoms with van der Waals surface area (Å²) in [4.78, 5) is 7.75. The maximum Gasteiger partial charge on any atom is 0.0125 e. The average Bonchev–Trinajstić information content (AvgIpc) is 1.50. The topological polar surface area (TPSA) is 86.3 Å². The molecule has 0 heterocycles. The van der Waals surface area contributed by atoms with Crippen molar-refractivity contribution in [3.63, 3.8) is 0 Å². The molecule has 0 radical (unpaired) electrons. The van der Waals surface area contributed by atoms with Gasteiger partial charge >= 0.3 is 10.2 Å². The van der Waals surface area contributed by atoms with Gasteiger partial charge in [-0.15, -0.1) is 0 Å². The van der Waals surface area contributed by atoms with Gasteiger partial charge in [-0.3, -0.25) is 0 Å². The van der Waals surface area contributed by atoms with Crippen molar-refractivity contribution in [1.82, 2.24) is 0 Å². The quantitative estimate of drug-likeness (QED) is 0.343. The van der Waals surface area contributed by atoms with Crippen LogP contribution in [-0.2, 0) is 4.77 Å². The van der Waals surface area contributed by atoms with E-state index in [9.17, 15) is 0 Å². The molecule has 0 rings (SSSR count). The van der Waals surface area contributed by atoms with Gasteiger partial charge in [-0.2, -0.15) is 0 Å². The number of nitrogens with zero attached hydrogens (tertiary/aromatic N) is 1. The molecule has 0 fully saturated rings. The summed E-state index contributed by atoms with van der Waals surface area (Å²) in [5, 5.41) is 0. The van der Waals surface area contributed by atoms with Gasteiger partial charge in [-0.1, -0.05) is 0 Å². The number of hydrogen-bond acceptors (Lipinski definition) is 2. The van der Waals surface area contributed by atoms with E-state index in [1.54, 1.807) is 0 Å². The third-order valence-corrected chi connectivity index (χ3v) is 0. The first-order chi connectivity index (χ1) is 2.00. The molecule has 0 bridgehead atoms. The molecule has 0 unspecified atom stereocenters. The zero-order valence-electron chi connectivity index (χ0n) is 1.84. The molecule has 22 valence electrons. The van der Waals surface area contributed by atoms with Gasteiger partial charge in [0.2, 0.25) is 0 Å². The molecule has 4 heavy (non-hydrogen) atoms. The molecule has 4 nitrogen and oxygen atoms in total. The van der Waals surface area contributed by atoms with Crippen LogP contribution in [0.5, 0.6) is 0 Å². The van der Waals surface area contributed by atoms with Gasteiger partial charge in [0.1, 0.15) is 0 Å². The Hall–Kier alpha value is -0.730.